The van der Waals surface area contributed by atoms with Crippen LogP contribution in [0, 0.1) is 6.92 Å². The molecule has 0 saturated carbocycles. The van der Waals surface area contributed by atoms with Gasteiger partial charge in [-0.25, -0.2) is 8.42 Å². The summed E-state index contributed by atoms with van der Waals surface area (Å²) in [5.41, 5.74) is 1.38. The highest BCUT2D eigenvalue weighted by molar-refractivity contribution is 7.89. The quantitative estimate of drug-likeness (QED) is 0.431. The van der Waals surface area contributed by atoms with Gasteiger partial charge in [0.05, 0.1) is 24.2 Å². The summed E-state index contributed by atoms with van der Waals surface area (Å²) in [5, 5.41) is 5.32. The molecule has 2 amide bonds. The van der Waals surface area contributed by atoms with Crippen molar-refractivity contribution in [3.8, 4) is 5.75 Å². The van der Waals surface area contributed by atoms with E-state index in [0.717, 1.165) is 9.87 Å². The number of ether oxygens (including phenoxy) is 1. The number of rotatable bonds is 11. The lowest BCUT2D eigenvalue weighted by atomic mass is 10.2. The molecule has 0 spiro atoms. The van der Waals surface area contributed by atoms with Crippen LogP contribution in [-0.4, -0.2) is 44.2 Å². The number of hydrogen-bond acceptors (Lipinski definition) is 6. The van der Waals surface area contributed by atoms with Crippen molar-refractivity contribution >= 4 is 27.5 Å². The summed E-state index contributed by atoms with van der Waals surface area (Å²) in [6.45, 7) is 3.58. The molecule has 9 nitrogen and oxygen atoms in total. The zero-order chi connectivity index (χ0) is 24.6. The van der Waals surface area contributed by atoms with Gasteiger partial charge in [-0.15, -0.1) is 0 Å². The molecule has 3 rings (SSSR count). The zero-order valence-electron chi connectivity index (χ0n) is 19.0. The van der Waals surface area contributed by atoms with Crippen LogP contribution in [0.25, 0.3) is 0 Å². The molecule has 0 atom stereocenters. The van der Waals surface area contributed by atoms with Crippen LogP contribution in [0.1, 0.15) is 18.2 Å². The van der Waals surface area contributed by atoms with Crippen molar-refractivity contribution in [3.63, 3.8) is 0 Å². The summed E-state index contributed by atoms with van der Waals surface area (Å²) in [6.07, 6.45) is 1.45. The van der Waals surface area contributed by atoms with Gasteiger partial charge < -0.3 is 19.8 Å². The Morgan fingerprint density at radius 1 is 1.00 bits per heavy atom. The molecule has 2 aromatic carbocycles. The van der Waals surface area contributed by atoms with Crippen molar-refractivity contribution in [1.82, 2.24) is 9.62 Å². The third-order valence-electron chi connectivity index (χ3n) is 4.77. The minimum atomic E-state index is -3.95. The molecule has 10 heteroatoms. The summed E-state index contributed by atoms with van der Waals surface area (Å²) < 4.78 is 38.2. The van der Waals surface area contributed by atoms with Crippen LogP contribution >= 0.6 is 0 Å². The van der Waals surface area contributed by atoms with Crippen LogP contribution < -0.4 is 15.4 Å². The number of nitrogens with zero attached hydrogens (tertiary/aromatic N) is 1. The van der Waals surface area contributed by atoms with Crippen LogP contribution in [0.3, 0.4) is 0 Å². The zero-order valence-corrected chi connectivity index (χ0v) is 19.8. The Kier molecular flexibility index (Phi) is 8.44. The van der Waals surface area contributed by atoms with Gasteiger partial charge in [-0.3, -0.25) is 9.59 Å². The summed E-state index contributed by atoms with van der Waals surface area (Å²) in [5.74, 6) is 0.132. The van der Waals surface area contributed by atoms with Gasteiger partial charge in [-0.2, -0.15) is 4.31 Å². The van der Waals surface area contributed by atoms with E-state index in [1.165, 1.54) is 18.4 Å². The topological polar surface area (TPSA) is 118 Å². The molecule has 0 fully saturated rings. The molecular weight excluding hydrogens is 458 g/mol. The summed E-state index contributed by atoms with van der Waals surface area (Å²) in [7, 11) is -3.95. The molecule has 0 aliphatic rings. The minimum absolute atomic E-state index is 0.0890. The van der Waals surface area contributed by atoms with Gasteiger partial charge in [0.25, 0.3) is 5.91 Å². The first-order chi connectivity index (χ1) is 16.3. The van der Waals surface area contributed by atoms with Crippen LogP contribution in [0.15, 0.2) is 76.2 Å². The third-order valence-corrected chi connectivity index (χ3v) is 6.58. The number of sulfonamides is 1. The highest BCUT2D eigenvalue weighted by atomic mass is 32.2. The first-order valence-corrected chi connectivity index (χ1v) is 12.1. The number of aryl methyl sites for hydroxylation is 1. The van der Waals surface area contributed by atoms with Gasteiger partial charge in [-0.05, 0) is 62.4 Å². The molecule has 1 aromatic heterocycles. The predicted octanol–water partition coefficient (Wildman–Crippen LogP) is 2.93. The molecule has 0 saturated heterocycles. The van der Waals surface area contributed by atoms with E-state index in [0.29, 0.717) is 23.7 Å². The Hall–Kier alpha value is -3.63. The lowest BCUT2D eigenvalue weighted by molar-refractivity contribution is -0.123. The van der Waals surface area contributed by atoms with E-state index in [-0.39, 0.29) is 24.0 Å². The fourth-order valence-corrected chi connectivity index (χ4v) is 4.42. The molecule has 180 valence electrons. The highest BCUT2D eigenvalue weighted by Crippen LogP contribution is 2.20. The number of carbonyl (C=O) groups is 2. The van der Waals surface area contributed by atoms with E-state index in [9.17, 15) is 18.0 Å². The summed E-state index contributed by atoms with van der Waals surface area (Å²) in [4.78, 5) is 24.3. The lowest BCUT2D eigenvalue weighted by Crippen LogP contribution is -2.37. The maximum atomic E-state index is 13.2. The fourth-order valence-electron chi connectivity index (χ4n) is 3.05. The van der Waals surface area contributed by atoms with E-state index in [2.05, 4.69) is 10.6 Å². The normalized spacial score (nSPS) is 11.3. The molecule has 34 heavy (non-hydrogen) atoms. The Morgan fingerprint density at radius 3 is 2.32 bits per heavy atom. The Bertz CT molecular complexity index is 1190. The second-order valence-electron chi connectivity index (χ2n) is 7.48. The van der Waals surface area contributed by atoms with Crippen LogP contribution in [0.4, 0.5) is 5.69 Å². The van der Waals surface area contributed by atoms with Crippen molar-refractivity contribution in [2.24, 2.45) is 0 Å². The van der Waals surface area contributed by atoms with E-state index in [1.807, 2.05) is 13.8 Å². The van der Waals surface area contributed by atoms with Crippen molar-refractivity contribution in [3.05, 3.63) is 78.3 Å². The number of benzene rings is 2. The first-order valence-electron chi connectivity index (χ1n) is 10.7. The Balaban J connectivity index is 1.68. The minimum Gasteiger partial charge on any atom is -0.484 e. The highest BCUT2D eigenvalue weighted by Gasteiger charge is 2.27. The van der Waals surface area contributed by atoms with Crippen molar-refractivity contribution in [2.75, 3.05) is 25.0 Å². The number of carbonyl (C=O) groups excluding carboxylic acids is 2. The van der Waals surface area contributed by atoms with Crippen LogP contribution in [-0.2, 0) is 26.2 Å². The molecule has 0 bridgehead atoms. The number of hydrogen-bond donors (Lipinski definition) is 2. The molecular formula is C24H27N3O6S. The van der Waals surface area contributed by atoms with Gasteiger partial charge in [-0.1, -0.05) is 17.7 Å². The van der Waals surface area contributed by atoms with Crippen LogP contribution in [0.5, 0.6) is 5.75 Å². The van der Waals surface area contributed by atoms with E-state index < -0.39 is 22.5 Å². The number of nitrogens with one attached hydrogen (secondary N) is 2. The van der Waals surface area contributed by atoms with Crippen molar-refractivity contribution < 1.29 is 27.2 Å². The second kappa shape index (κ2) is 11.5. The van der Waals surface area contributed by atoms with Gasteiger partial charge in [0, 0.05) is 12.2 Å². The molecule has 0 aliphatic heterocycles. The SMILES string of the molecule is CCNC(=O)COc1ccc(NC(=O)CN(Cc2ccco2)S(=O)(=O)c2ccc(C)cc2)cc1. The molecule has 0 aliphatic carbocycles. The first kappa shape index (κ1) is 25.0. The largest absolute Gasteiger partial charge is 0.484 e. The average Bonchev–Trinajstić information content (AvgIpc) is 3.32. The molecule has 3 aromatic rings. The second-order valence-corrected chi connectivity index (χ2v) is 9.42. The Morgan fingerprint density at radius 2 is 1.71 bits per heavy atom. The van der Waals surface area contributed by atoms with Gasteiger partial charge in [0.1, 0.15) is 11.5 Å². The number of anilines is 1. The van der Waals surface area contributed by atoms with Gasteiger partial charge >= 0.3 is 0 Å². The van der Waals surface area contributed by atoms with Crippen molar-refractivity contribution in [2.45, 2.75) is 25.3 Å². The number of furan rings is 1. The van der Waals surface area contributed by atoms with Gasteiger partial charge in [0.15, 0.2) is 6.61 Å². The van der Waals surface area contributed by atoms with E-state index in [4.69, 9.17) is 9.15 Å². The average molecular weight is 486 g/mol. The summed E-state index contributed by atoms with van der Waals surface area (Å²) >= 11 is 0. The monoisotopic (exact) mass is 485 g/mol. The standard InChI is InChI=1S/C24H27N3O6S/c1-3-25-24(29)17-33-20-10-8-19(9-11-20)26-23(28)16-27(15-21-5-4-14-32-21)34(30,31)22-12-6-18(2)7-13-22/h4-14H,3,15-17H2,1-2H3,(H,25,29)(H,26,28). The van der Waals surface area contributed by atoms with Crippen LogP contribution in [0.2, 0.25) is 0 Å². The van der Waals surface area contributed by atoms with Crippen molar-refractivity contribution in [1.29, 1.82) is 0 Å². The smallest absolute Gasteiger partial charge is 0.257 e. The number of amides is 2. The van der Waals surface area contributed by atoms with E-state index >= 15 is 0 Å². The molecule has 0 radical (unpaired) electrons. The lowest BCUT2D eigenvalue weighted by Gasteiger charge is -2.21. The van der Waals surface area contributed by atoms with Gasteiger partial charge in [0.2, 0.25) is 15.9 Å². The number of likely N-dealkylation sites (N-methyl/N-ethyl adjacent to an activating group) is 1. The molecule has 1 heterocycles. The maximum absolute atomic E-state index is 13.2. The Labute approximate surface area is 198 Å². The fraction of sp³-hybridized carbons (Fsp3) is 0.250. The molecule has 2 N–H and O–H groups in total. The predicted molar refractivity (Wildman–Crippen MR) is 127 cm³/mol. The maximum Gasteiger partial charge on any atom is 0.257 e. The van der Waals surface area contributed by atoms with E-state index in [1.54, 1.807) is 48.5 Å². The third kappa shape index (κ3) is 6.93. The summed E-state index contributed by atoms with van der Waals surface area (Å²) in [6, 6.07) is 16.2. The molecule has 0 unspecified atom stereocenters.